The van der Waals surface area contributed by atoms with E-state index in [2.05, 4.69) is 14.9 Å². The van der Waals surface area contributed by atoms with Gasteiger partial charge in [-0.2, -0.15) is 0 Å². The molecule has 1 heterocycles. The van der Waals surface area contributed by atoms with Gasteiger partial charge in [0.25, 0.3) is 0 Å². The molecule has 0 radical (unpaired) electrons. The van der Waals surface area contributed by atoms with Crippen molar-refractivity contribution in [3.8, 4) is 0 Å². The van der Waals surface area contributed by atoms with Gasteiger partial charge in [0.1, 0.15) is 0 Å². The standard InChI is InChI=1S/C12H25N3O3S/c1-11(10-13-12-2-3-12)19(16,17)14-4-5-15-6-8-18-9-7-15/h11-14H,2-10H2,1H3. The molecule has 7 heteroatoms. The van der Waals surface area contributed by atoms with Crippen molar-refractivity contribution < 1.29 is 13.2 Å². The number of morpholine rings is 1. The molecule has 1 aliphatic carbocycles. The van der Waals surface area contributed by atoms with E-state index < -0.39 is 10.0 Å². The highest BCUT2D eigenvalue weighted by atomic mass is 32.2. The molecule has 2 N–H and O–H groups in total. The minimum absolute atomic E-state index is 0.377. The molecule has 2 fully saturated rings. The Morgan fingerprint density at radius 3 is 2.63 bits per heavy atom. The van der Waals surface area contributed by atoms with Crippen LogP contribution in [-0.4, -0.2) is 70.5 Å². The second-order valence-corrected chi connectivity index (χ2v) is 7.57. The number of sulfonamides is 1. The van der Waals surface area contributed by atoms with Gasteiger partial charge < -0.3 is 10.1 Å². The lowest BCUT2D eigenvalue weighted by molar-refractivity contribution is 0.0390. The summed E-state index contributed by atoms with van der Waals surface area (Å²) in [6.45, 7) is 6.80. The largest absolute Gasteiger partial charge is 0.379 e. The molecular weight excluding hydrogens is 266 g/mol. The van der Waals surface area contributed by atoms with Crippen molar-refractivity contribution in [2.24, 2.45) is 0 Å². The predicted molar refractivity (Wildman–Crippen MR) is 74.7 cm³/mol. The fourth-order valence-corrected chi connectivity index (χ4v) is 3.02. The van der Waals surface area contributed by atoms with Crippen LogP contribution in [0.25, 0.3) is 0 Å². The first-order chi connectivity index (χ1) is 9.08. The predicted octanol–water partition coefficient (Wildman–Crippen LogP) is -0.621. The number of ether oxygens (including phenoxy) is 1. The van der Waals surface area contributed by atoms with Crippen LogP contribution in [0.3, 0.4) is 0 Å². The van der Waals surface area contributed by atoms with E-state index >= 15 is 0 Å². The molecule has 0 aromatic carbocycles. The van der Waals surface area contributed by atoms with Gasteiger partial charge in [-0.05, 0) is 19.8 Å². The Labute approximate surface area is 115 Å². The number of nitrogens with zero attached hydrogens (tertiary/aromatic N) is 1. The van der Waals surface area contributed by atoms with Crippen molar-refractivity contribution in [2.45, 2.75) is 31.1 Å². The lowest BCUT2D eigenvalue weighted by Crippen LogP contribution is -2.44. The number of hydrogen-bond donors (Lipinski definition) is 2. The van der Waals surface area contributed by atoms with E-state index in [9.17, 15) is 8.42 Å². The highest BCUT2D eigenvalue weighted by molar-refractivity contribution is 7.90. The summed E-state index contributed by atoms with van der Waals surface area (Å²) in [5.74, 6) is 0. The van der Waals surface area contributed by atoms with Crippen LogP contribution in [0.4, 0.5) is 0 Å². The first-order valence-electron chi connectivity index (χ1n) is 7.10. The molecule has 2 aliphatic rings. The third kappa shape index (κ3) is 5.35. The Morgan fingerprint density at radius 1 is 1.32 bits per heavy atom. The Kier molecular flexibility index (Phi) is 5.58. The average Bonchev–Trinajstić information content (AvgIpc) is 3.21. The fraction of sp³-hybridized carbons (Fsp3) is 1.00. The maximum Gasteiger partial charge on any atom is 0.215 e. The average molecular weight is 291 g/mol. The molecule has 1 saturated carbocycles. The third-order valence-corrected chi connectivity index (χ3v) is 5.47. The van der Waals surface area contributed by atoms with Crippen molar-refractivity contribution in [1.29, 1.82) is 0 Å². The van der Waals surface area contributed by atoms with Gasteiger partial charge in [-0.1, -0.05) is 0 Å². The molecule has 1 saturated heterocycles. The van der Waals surface area contributed by atoms with Gasteiger partial charge in [0, 0.05) is 38.8 Å². The number of nitrogens with one attached hydrogen (secondary N) is 2. The first-order valence-corrected chi connectivity index (χ1v) is 8.64. The zero-order valence-corrected chi connectivity index (χ0v) is 12.4. The summed E-state index contributed by atoms with van der Waals surface area (Å²) in [7, 11) is -3.20. The van der Waals surface area contributed by atoms with E-state index in [0.717, 1.165) is 32.8 Å². The summed E-state index contributed by atoms with van der Waals surface area (Å²) in [6, 6.07) is 0.547. The van der Waals surface area contributed by atoms with Gasteiger partial charge in [0.05, 0.1) is 18.5 Å². The monoisotopic (exact) mass is 291 g/mol. The zero-order valence-electron chi connectivity index (χ0n) is 11.6. The minimum Gasteiger partial charge on any atom is -0.379 e. The normalized spacial score (nSPS) is 23.4. The summed E-state index contributed by atoms with van der Waals surface area (Å²) >= 11 is 0. The summed E-state index contributed by atoms with van der Waals surface area (Å²) in [6.07, 6.45) is 2.36. The molecule has 1 aliphatic heterocycles. The van der Waals surface area contributed by atoms with E-state index in [1.807, 2.05) is 0 Å². The topological polar surface area (TPSA) is 70.7 Å². The van der Waals surface area contributed by atoms with Crippen LogP contribution >= 0.6 is 0 Å². The number of hydrogen-bond acceptors (Lipinski definition) is 5. The molecular formula is C12H25N3O3S. The number of rotatable bonds is 8. The molecule has 0 aromatic rings. The third-order valence-electron chi connectivity index (χ3n) is 3.64. The van der Waals surface area contributed by atoms with Crippen LogP contribution in [0.1, 0.15) is 19.8 Å². The highest BCUT2D eigenvalue weighted by Crippen LogP contribution is 2.18. The van der Waals surface area contributed by atoms with Crippen LogP contribution in [0.2, 0.25) is 0 Å². The molecule has 0 aromatic heterocycles. The zero-order chi connectivity index (χ0) is 13.7. The van der Waals surface area contributed by atoms with E-state index in [0.29, 0.717) is 19.1 Å². The summed E-state index contributed by atoms with van der Waals surface area (Å²) in [5, 5.41) is 2.88. The Bertz CT molecular complexity index is 364. The summed E-state index contributed by atoms with van der Waals surface area (Å²) in [4.78, 5) is 2.22. The molecule has 6 nitrogen and oxygen atoms in total. The van der Waals surface area contributed by atoms with Crippen LogP contribution in [-0.2, 0) is 14.8 Å². The second kappa shape index (κ2) is 6.99. The molecule has 1 unspecified atom stereocenters. The van der Waals surface area contributed by atoms with Crippen LogP contribution in [0.5, 0.6) is 0 Å². The van der Waals surface area contributed by atoms with Gasteiger partial charge in [-0.15, -0.1) is 0 Å². The Balaban J connectivity index is 1.64. The Morgan fingerprint density at radius 2 is 2.00 bits per heavy atom. The molecule has 2 rings (SSSR count). The lowest BCUT2D eigenvalue weighted by atomic mass is 10.4. The van der Waals surface area contributed by atoms with Crippen molar-refractivity contribution >= 4 is 10.0 Å². The molecule has 0 amide bonds. The van der Waals surface area contributed by atoms with Gasteiger partial charge in [0.15, 0.2) is 0 Å². The van der Waals surface area contributed by atoms with Gasteiger partial charge in [-0.3, -0.25) is 4.90 Å². The van der Waals surface area contributed by atoms with Crippen molar-refractivity contribution in [2.75, 3.05) is 45.9 Å². The van der Waals surface area contributed by atoms with Crippen molar-refractivity contribution in [1.82, 2.24) is 14.9 Å². The van der Waals surface area contributed by atoms with Crippen molar-refractivity contribution in [3.63, 3.8) is 0 Å². The van der Waals surface area contributed by atoms with Gasteiger partial charge in [0.2, 0.25) is 10.0 Å². The van der Waals surface area contributed by atoms with E-state index in [-0.39, 0.29) is 5.25 Å². The van der Waals surface area contributed by atoms with Crippen LogP contribution in [0.15, 0.2) is 0 Å². The van der Waals surface area contributed by atoms with Crippen molar-refractivity contribution in [3.05, 3.63) is 0 Å². The smallest absolute Gasteiger partial charge is 0.215 e. The second-order valence-electron chi connectivity index (χ2n) is 5.39. The maximum atomic E-state index is 12.0. The Hall–Kier alpha value is -0.210. The fourth-order valence-electron chi connectivity index (χ4n) is 2.04. The first kappa shape index (κ1) is 15.2. The molecule has 0 spiro atoms. The molecule has 1 atom stereocenters. The molecule has 112 valence electrons. The molecule has 19 heavy (non-hydrogen) atoms. The maximum absolute atomic E-state index is 12.0. The lowest BCUT2D eigenvalue weighted by Gasteiger charge is -2.26. The summed E-state index contributed by atoms with van der Waals surface area (Å²) in [5.41, 5.74) is 0. The van der Waals surface area contributed by atoms with E-state index in [1.54, 1.807) is 6.92 Å². The summed E-state index contributed by atoms with van der Waals surface area (Å²) < 4.78 is 32.0. The van der Waals surface area contributed by atoms with Crippen LogP contribution in [0, 0.1) is 0 Å². The quantitative estimate of drug-likeness (QED) is 0.624. The minimum atomic E-state index is -3.20. The SMILES string of the molecule is CC(CNC1CC1)S(=O)(=O)NCCN1CCOCC1. The van der Waals surface area contributed by atoms with Gasteiger partial charge in [-0.25, -0.2) is 13.1 Å². The van der Waals surface area contributed by atoms with E-state index in [1.165, 1.54) is 12.8 Å². The highest BCUT2D eigenvalue weighted by Gasteiger charge is 2.25. The van der Waals surface area contributed by atoms with Crippen LogP contribution < -0.4 is 10.0 Å². The van der Waals surface area contributed by atoms with E-state index in [4.69, 9.17) is 4.74 Å². The van der Waals surface area contributed by atoms with Gasteiger partial charge >= 0.3 is 0 Å². The molecule has 0 bridgehead atoms.